The number of carboxylic acid groups (broad SMARTS) is 1. The van der Waals surface area contributed by atoms with Gasteiger partial charge in [-0.1, -0.05) is 25.0 Å². The van der Waals surface area contributed by atoms with Crippen molar-refractivity contribution in [2.75, 3.05) is 17.2 Å². The number of hydrogen-bond donors (Lipinski definition) is 3. The molecular formula is C21H24N4O4S. The molecule has 30 heavy (non-hydrogen) atoms. The quantitative estimate of drug-likeness (QED) is 0.666. The van der Waals surface area contributed by atoms with Crippen LogP contribution >= 0.6 is 11.3 Å². The average Bonchev–Trinajstić information content (AvgIpc) is 3.49. The zero-order valence-electron chi connectivity index (χ0n) is 16.5. The first kappa shape index (κ1) is 20.3. The molecule has 2 aliphatic rings. The molecule has 1 saturated carbocycles. The highest BCUT2D eigenvalue weighted by Crippen LogP contribution is 2.29. The number of rotatable bonds is 5. The summed E-state index contributed by atoms with van der Waals surface area (Å²) in [6.45, 7) is 0.375. The summed E-state index contributed by atoms with van der Waals surface area (Å²) in [6, 6.07) is 6.80. The second-order valence-electron chi connectivity index (χ2n) is 7.71. The molecule has 1 aromatic heterocycles. The summed E-state index contributed by atoms with van der Waals surface area (Å²) in [4.78, 5) is 41.5. The van der Waals surface area contributed by atoms with Crippen LogP contribution in [-0.2, 0) is 9.59 Å². The number of anilines is 2. The Morgan fingerprint density at radius 3 is 2.43 bits per heavy atom. The number of amides is 3. The van der Waals surface area contributed by atoms with E-state index in [4.69, 9.17) is 0 Å². The lowest BCUT2D eigenvalue weighted by Crippen LogP contribution is -2.42. The fourth-order valence-corrected chi connectivity index (χ4v) is 4.80. The van der Waals surface area contributed by atoms with Crippen molar-refractivity contribution < 1.29 is 19.5 Å². The minimum Gasteiger partial charge on any atom is -0.465 e. The minimum absolute atomic E-state index is 0.0845. The molecule has 2 aromatic rings. The Kier molecular flexibility index (Phi) is 5.98. The SMILES string of the molecule is O=C(Nc1ccc(-c2csc(NC(=O)C3CCCN3C(=O)O)n2)cc1)C1CCCC1. The molecule has 3 amide bonds. The number of hydrogen-bond acceptors (Lipinski definition) is 5. The number of carbonyl (C=O) groups excluding carboxylic acids is 2. The Morgan fingerprint density at radius 2 is 1.73 bits per heavy atom. The van der Waals surface area contributed by atoms with Crippen molar-refractivity contribution in [1.29, 1.82) is 0 Å². The van der Waals surface area contributed by atoms with Crippen molar-refractivity contribution in [2.45, 2.75) is 44.6 Å². The van der Waals surface area contributed by atoms with Crippen molar-refractivity contribution in [3.05, 3.63) is 29.6 Å². The predicted octanol–water partition coefficient (Wildman–Crippen LogP) is 4.02. The van der Waals surface area contributed by atoms with Gasteiger partial charge in [0.05, 0.1) is 5.69 Å². The van der Waals surface area contributed by atoms with Gasteiger partial charge < -0.3 is 15.7 Å². The van der Waals surface area contributed by atoms with Gasteiger partial charge in [-0.25, -0.2) is 9.78 Å². The maximum Gasteiger partial charge on any atom is 0.407 e. The fourth-order valence-electron chi connectivity index (χ4n) is 4.08. The summed E-state index contributed by atoms with van der Waals surface area (Å²) in [5.74, 6) is -0.145. The molecule has 1 aliphatic carbocycles. The first-order valence-electron chi connectivity index (χ1n) is 10.2. The van der Waals surface area contributed by atoms with E-state index in [1.54, 1.807) is 0 Å². The lowest BCUT2D eigenvalue weighted by Gasteiger charge is -2.19. The summed E-state index contributed by atoms with van der Waals surface area (Å²) in [7, 11) is 0. The molecule has 9 heteroatoms. The van der Waals surface area contributed by atoms with E-state index in [-0.39, 0.29) is 17.7 Å². The van der Waals surface area contributed by atoms with Gasteiger partial charge in [-0.2, -0.15) is 0 Å². The molecule has 8 nitrogen and oxygen atoms in total. The van der Waals surface area contributed by atoms with Crippen LogP contribution in [0, 0.1) is 5.92 Å². The van der Waals surface area contributed by atoms with Crippen molar-refractivity contribution in [2.24, 2.45) is 5.92 Å². The molecule has 3 N–H and O–H groups in total. The summed E-state index contributed by atoms with van der Waals surface area (Å²) in [5, 5.41) is 17.2. The van der Waals surface area contributed by atoms with Gasteiger partial charge in [0.1, 0.15) is 6.04 Å². The molecule has 1 atom stereocenters. The molecule has 2 heterocycles. The third kappa shape index (κ3) is 4.46. The normalized spacial score (nSPS) is 19.1. The van der Waals surface area contributed by atoms with Crippen LogP contribution < -0.4 is 10.6 Å². The van der Waals surface area contributed by atoms with E-state index in [0.717, 1.165) is 36.9 Å². The highest BCUT2D eigenvalue weighted by molar-refractivity contribution is 7.14. The van der Waals surface area contributed by atoms with Crippen LogP contribution in [0.4, 0.5) is 15.6 Å². The van der Waals surface area contributed by atoms with Crippen molar-refractivity contribution in [3.63, 3.8) is 0 Å². The number of benzene rings is 1. The molecule has 0 spiro atoms. The van der Waals surface area contributed by atoms with E-state index in [2.05, 4.69) is 15.6 Å². The average molecular weight is 429 g/mol. The van der Waals surface area contributed by atoms with E-state index >= 15 is 0 Å². The summed E-state index contributed by atoms with van der Waals surface area (Å²) in [6.07, 6.45) is 4.28. The molecule has 0 radical (unpaired) electrons. The van der Waals surface area contributed by atoms with Crippen LogP contribution in [0.15, 0.2) is 29.6 Å². The number of nitrogens with one attached hydrogen (secondary N) is 2. The van der Waals surface area contributed by atoms with Crippen LogP contribution in [0.25, 0.3) is 11.3 Å². The Balaban J connectivity index is 1.37. The fraction of sp³-hybridized carbons (Fsp3) is 0.429. The highest BCUT2D eigenvalue weighted by Gasteiger charge is 2.34. The molecule has 4 rings (SSSR count). The molecule has 0 bridgehead atoms. The number of likely N-dealkylation sites (tertiary alicyclic amines) is 1. The van der Waals surface area contributed by atoms with Crippen LogP contribution in [0.5, 0.6) is 0 Å². The predicted molar refractivity (Wildman–Crippen MR) is 115 cm³/mol. The number of carbonyl (C=O) groups is 3. The Morgan fingerprint density at radius 1 is 1.00 bits per heavy atom. The van der Waals surface area contributed by atoms with Crippen molar-refractivity contribution >= 4 is 40.1 Å². The van der Waals surface area contributed by atoms with Gasteiger partial charge in [0.25, 0.3) is 0 Å². The van der Waals surface area contributed by atoms with Gasteiger partial charge in [-0.15, -0.1) is 11.3 Å². The second-order valence-corrected chi connectivity index (χ2v) is 8.57. The Bertz CT molecular complexity index is 937. The van der Waals surface area contributed by atoms with E-state index in [1.165, 1.54) is 16.2 Å². The van der Waals surface area contributed by atoms with Crippen LogP contribution in [-0.4, -0.2) is 45.5 Å². The van der Waals surface area contributed by atoms with Gasteiger partial charge in [-0.05, 0) is 37.8 Å². The molecule has 158 valence electrons. The van der Waals surface area contributed by atoms with E-state index in [1.807, 2.05) is 29.6 Å². The summed E-state index contributed by atoms with van der Waals surface area (Å²) >= 11 is 1.29. The molecule has 1 aliphatic heterocycles. The largest absolute Gasteiger partial charge is 0.465 e. The smallest absolute Gasteiger partial charge is 0.407 e. The topological polar surface area (TPSA) is 112 Å². The van der Waals surface area contributed by atoms with Gasteiger partial charge in [0.15, 0.2) is 5.13 Å². The molecule has 2 fully saturated rings. The summed E-state index contributed by atoms with van der Waals surface area (Å²) in [5.41, 5.74) is 2.35. The highest BCUT2D eigenvalue weighted by atomic mass is 32.1. The first-order valence-corrected chi connectivity index (χ1v) is 11.1. The van der Waals surface area contributed by atoms with Crippen LogP contribution in [0.1, 0.15) is 38.5 Å². The zero-order chi connectivity index (χ0) is 21.1. The second kappa shape index (κ2) is 8.83. The minimum atomic E-state index is -1.08. The van der Waals surface area contributed by atoms with E-state index < -0.39 is 12.1 Å². The van der Waals surface area contributed by atoms with Crippen LogP contribution in [0.3, 0.4) is 0 Å². The van der Waals surface area contributed by atoms with Gasteiger partial charge in [-0.3, -0.25) is 14.5 Å². The maximum absolute atomic E-state index is 12.4. The van der Waals surface area contributed by atoms with E-state index in [0.29, 0.717) is 30.2 Å². The summed E-state index contributed by atoms with van der Waals surface area (Å²) < 4.78 is 0. The van der Waals surface area contributed by atoms with Crippen molar-refractivity contribution in [1.82, 2.24) is 9.88 Å². The van der Waals surface area contributed by atoms with Gasteiger partial charge >= 0.3 is 6.09 Å². The lowest BCUT2D eigenvalue weighted by molar-refractivity contribution is -0.120. The van der Waals surface area contributed by atoms with Gasteiger partial charge in [0, 0.05) is 29.1 Å². The zero-order valence-corrected chi connectivity index (χ0v) is 17.3. The van der Waals surface area contributed by atoms with Gasteiger partial charge in [0.2, 0.25) is 11.8 Å². The standard InChI is InChI=1S/C21H24N4O4S/c26-18(14-4-1-2-5-14)22-15-9-7-13(8-10-15)16-12-30-20(23-16)24-19(27)17-6-3-11-25(17)21(28)29/h7-10,12,14,17H,1-6,11H2,(H,22,26)(H,28,29)(H,23,24,27). The number of aromatic nitrogens is 1. The van der Waals surface area contributed by atoms with Crippen molar-refractivity contribution in [3.8, 4) is 11.3 Å². The van der Waals surface area contributed by atoms with E-state index in [9.17, 15) is 19.5 Å². The monoisotopic (exact) mass is 428 g/mol. The number of nitrogens with zero attached hydrogens (tertiary/aromatic N) is 2. The third-order valence-corrected chi connectivity index (χ3v) is 6.47. The maximum atomic E-state index is 12.4. The third-order valence-electron chi connectivity index (χ3n) is 5.71. The first-order chi connectivity index (χ1) is 14.5. The Labute approximate surface area is 178 Å². The molecule has 1 unspecified atom stereocenters. The lowest BCUT2D eigenvalue weighted by atomic mass is 10.1. The Hall–Kier alpha value is -2.94. The molecular weight excluding hydrogens is 404 g/mol. The molecule has 1 saturated heterocycles. The number of thiazole rings is 1. The molecule has 1 aromatic carbocycles. The van der Waals surface area contributed by atoms with Crippen LogP contribution in [0.2, 0.25) is 0 Å².